The zero-order chi connectivity index (χ0) is 23.1. The molecule has 2 heterocycles. The minimum Gasteiger partial charge on any atom is -0.398 e. The zero-order valence-corrected chi connectivity index (χ0v) is 18.6. The predicted octanol–water partition coefficient (Wildman–Crippen LogP) is 5.21. The van der Waals surface area contributed by atoms with Crippen molar-refractivity contribution in [3.8, 4) is 11.3 Å². The second kappa shape index (κ2) is 8.52. The Morgan fingerprint density at radius 3 is 2.68 bits per heavy atom. The Hall–Kier alpha value is -3.81. The third kappa shape index (κ3) is 3.59. The van der Waals surface area contributed by atoms with Crippen molar-refractivity contribution >= 4 is 33.7 Å². The number of fused-ring (bicyclic) bond motifs is 2. The molecule has 7 nitrogen and oxygen atoms in total. The number of nitrogens with one attached hydrogen (secondary N) is 1. The summed E-state index contributed by atoms with van der Waals surface area (Å²) >= 11 is 0. The Balaban J connectivity index is 1.31. The Morgan fingerprint density at radius 2 is 1.88 bits per heavy atom. The van der Waals surface area contributed by atoms with Crippen LogP contribution in [0.5, 0.6) is 0 Å². The lowest BCUT2D eigenvalue weighted by Crippen LogP contribution is -2.21. The quantitative estimate of drug-likeness (QED) is 0.353. The van der Waals surface area contributed by atoms with Crippen LogP contribution in [0, 0.1) is 0 Å². The van der Waals surface area contributed by atoms with Crippen LogP contribution < -0.4 is 11.1 Å². The number of aromatic nitrogens is 2. The van der Waals surface area contributed by atoms with E-state index in [9.17, 15) is 4.79 Å². The van der Waals surface area contributed by atoms with E-state index >= 15 is 0 Å². The number of anilines is 3. The highest BCUT2D eigenvalue weighted by atomic mass is 16.7. The molecule has 1 fully saturated rings. The molecule has 0 spiro atoms. The predicted molar refractivity (Wildman–Crippen MR) is 131 cm³/mol. The fourth-order valence-corrected chi connectivity index (χ4v) is 4.70. The lowest BCUT2D eigenvalue weighted by atomic mass is 9.85. The van der Waals surface area contributed by atoms with Crippen LogP contribution in [-0.2, 0) is 16.1 Å². The minimum absolute atomic E-state index is 0.0988. The summed E-state index contributed by atoms with van der Waals surface area (Å²) in [4.78, 5) is 22.2. The standard InChI is InChI=1S/C27H24N4O3/c28-20-13-21(31-17-10-8-16(9-11-17)14-34-22-7-3-4-12-33-22)26-24-23(20)27(32)19-6-2-1-5-18(19)25(24)29-15-30-26/h1-2,5-6,8-11,13,15,22,31H,3-4,7,12,14,28H2. The molecule has 1 saturated heterocycles. The van der Waals surface area contributed by atoms with Crippen molar-refractivity contribution in [1.82, 2.24) is 9.97 Å². The Bertz CT molecular complexity index is 1400. The number of rotatable bonds is 5. The smallest absolute Gasteiger partial charge is 0.196 e. The van der Waals surface area contributed by atoms with E-state index in [2.05, 4.69) is 15.3 Å². The van der Waals surface area contributed by atoms with E-state index in [0.29, 0.717) is 34.3 Å². The third-order valence-electron chi connectivity index (χ3n) is 6.40. The van der Waals surface area contributed by atoms with Crippen LogP contribution in [-0.4, -0.2) is 28.6 Å². The van der Waals surface area contributed by atoms with Crippen LogP contribution in [0.25, 0.3) is 22.2 Å². The van der Waals surface area contributed by atoms with Gasteiger partial charge in [0.05, 0.1) is 29.1 Å². The van der Waals surface area contributed by atoms with Crippen molar-refractivity contribution in [1.29, 1.82) is 0 Å². The van der Waals surface area contributed by atoms with Gasteiger partial charge in [0.25, 0.3) is 0 Å². The summed E-state index contributed by atoms with van der Waals surface area (Å²) in [6.07, 6.45) is 4.61. The number of carbonyl (C=O) groups excluding carboxylic acids is 1. The maximum absolute atomic E-state index is 13.2. The second-order valence-electron chi connectivity index (χ2n) is 8.64. The van der Waals surface area contributed by atoms with Gasteiger partial charge in [-0.05, 0) is 43.0 Å². The molecule has 170 valence electrons. The molecule has 6 rings (SSSR count). The topological polar surface area (TPSA) is 99.4 Å². The second-order valence-corrected chi connectivity index (χ2v) is 8.64. The fourth-order valence-electron chi connectivity index (χ4n) is 4.70. The molecule has 0 bridgehead atoms. The first-order valence-corrected chi connectivity index (χ1v) is 11.5. The van der Waals surface area contributed by atoms with Crippen LogP contribution in [0.2, 0.25) is 0 Å². The molecule has 1 aliphatic heterocycles. The molecule has 0 saturated carbocycles. The van der Waals surface area contributed by atoms with Crippen molar-refractivity contribution in [2.45, 2.75) is 32.2 Å². The number of nitrogens with zero attached hydrogens (tertiary/aromatic N) is 2. The van der Waals surface area contributed by atoms with Gasteiger partial charge in [-0.1, -0.05) is 36.4 Å². The van der Waals surface area contributed by atoms with Crippen molar-refractivity contribution in [2.75, 3.05) is 17.7 Å². The number of carbonyl (C=O) groups is 1. The summed E-state index contributed by atoms with van der Waals surface area (Å²) in [6.45, 7) is 1.28. The highest BCUT2D eigenvalue weighted by Crippen LogP contribution is 2.42. The van der Waals surface area contributed by atoms with E-state index in [0.717, 1.165) is 54.1 Å². The Labute approximate surface area is 196 Å². The summed E-state index contributed by atoms with van der Waals surface area (Å²) in [5.74, 6) is -0.0988. The summed E-state index contributed by atoms with van der Waals surface area (Å²) in [5, 5.41) is 4.10. The molecule has 34 heavy (non-hydrogen) atoms. The molecule has 1 atom stereocenters. The highest BCUT2D eigenvalue weighted by molar-refractivity contribution is 6.28. The normalized spacial score (nSPS) is 16.9. The first kappa shape index (κ1) is 20.8. The Morgan fingerprint density at radius 1 is 1.06 bits per heavy atom. The van der Waals surface area contributed by atoms with E-state index in [1.165, 1.54) is 6.33 Å². The molecule has 0 radical (unpaired) electrons. The minimum atomic E-state index is -0.111. The molecule has 0 amide bonds. The van der Waals surface area contributed by atoms with Crippen LogP contribution in [0.3, 0.4) is 0 Å². The number of nitrogen functional groups attached to an aromatic ring is 1. The number of ether oxygens (including phenoxy) is 2. The largest absolute Gasteiger partial charge is 0.398 e. The lowest BCUT2D eigenvalue weighted by Gasteiger charge is -2.22. The van der Waals surface area contributed by atoms with Gasteiger partial charge >= 0.3 is 0 Å². The van der Waals surface area contributed by atoms with E-state index in [-0.39, 0.29) is 12.1 Å². The van der Waals surface area contributed by atoms with Crippen molar-refractivity contribution in [3.05, 3.63) is 77.6 Å². The molecule has 3 aromatic carbocycles. The van der Waals surface area contributed by atoms with Gasteiger partial charge in [0.15, 0.2) is 12.1 Å². The molecule has 2 aliphatic rings. The van der Waals surface area contributed by atoms with Gasteiger partial charge in [0.2, 0.25) is 0 Å². The molecule has 7 heteroatoms. The van der Waals surface area contributed by atoms with Crippen LogP contribution in [0.1, 0.15) is 40.7 Å². The number of hydrogen-bond donors (Lipinski definition) is 2. The number of hydrogen-bond acceptors (Lipinski definition) is 7. The van der Waals surface area contributed by atoms with Crippen LogP contribution >= 0.6 is 0 Å². The third-order valence-corrected chi connectivity index (χ3v) is 6.40. The van der Waals surface area contributed by atoms with Gasteiger partial charge in [-0.3, -0.25) is 4.79 Å². The van der Waals surface area contributed by atoms with E-state index in [1.54, 1.807) is 6.07 Å². The molecule has 3 N–H and O–H groups in total. The van der Waals surface area contributed by atoms with Gasteiger partial charge in [-0.15, -0.1) is 0 Å². The average Bonchev–Trinajstić information content (AvgIpc) is 2.88. The molecule has 1 unspecified atom stereocenters. The zero-order valence-electron chi connectivity index (χ0n) is 18.6. The first-order valence-electron chi connectivity index (χ1n) is 11.5. The number of ketones is 1. The summed E-state index contributed by atoms with van der Waals surface area (Å²) < 4.78 is 11.5. The van der Waals surface area contributed by atoms with Gasteiger partial charge in [-0.25, -0.2) is 9.97 Å². The van der Waals surface area contributed by atoms with E-state index in [1.807, 2.05) is 48.5 Å². The van der Waals surface area contributed by atoms with Gasteiger partial charge in [-0.2, -0.15) is 0 Å². The molecular weight excluding hydrogens is 428 g/mol. The van der Waals surface area contributed by atoms with Crippen LogP contribution in [0.4, 0.5) is 17.1 Å². The monoisotopic (exact) mass is 452 g/mol. The SMILES string of the molecule is Nc1cc(Nc2ccc(COC3CCCCO3)cc2)c2ncnc3c2c1C(=O)c1ccccc1-3. The van der Waals surface area contributed by atoms with Crippen molar-refractivity contribution in [3.63, 3.8) is 0 Å². The van der Waals surface area contributed by atoms with Gasteiger partial charge < -0.3 is 20.5 Å². The fraction of sp³-hybridized carbons (Fsp3) is 0.222. The van der Waals surface area contributed by atoms with Gasteiger partial charge in [0.1, 0.15) is 6.33 Å². The number of nitrogens with two attached hydrogens (primary N) is 1. The first-order chi connectivity index (χ1) is 16.7. The van der Waals surface area contributed by atoms with E-state index in [4.69, 9.17) is 15.2 Å². The summed E-state index contributed by atoms with van der Waals surface area (Å²) in [7, 11) is 0. The van der Waals surface area contributed by atoms with E-state index < -0.39 is 0 Å². The van der Waals surface area contributed by atoms with Crippen molar-refractivity contribution < 1.29 is 14.3 Å². The number of benzene rings is 3. The molecule has 4 aromatic rings. The van der Waals surface area contributed by atoms with Crippen LogP contribution in [0.15, 0.2) is 60.9 Å². The highest BCUT2D eigenvalue weighted by Gasteiger charge is 2.29. The van der Waals surface area contributed by atoms with Gasteiger partial charge in [0, 0.05) is 34.5 Å². The average molecular weight is 453 g/mol. The summed E-state index contributed by atoms with van der Waals surface area (Å²) in [5.41, 5.74) is 12.7. The summed E-state index contributed by atoms with van der Waals surface area (Å²) in [6, 6.07) is 17.3. The maximum Gasteiger partial charge on any atom is 0.196 e. The van der Waals surface area contributed by atoms with Crippen molar-refractivity contribution in [2.24, 2.45) is 0 Å². The Kier molecular flexibility index (Phi) is 5.20. The lowest BCUT2D eigenvalue weighted by molar-refractivity contribution is -0.168. The molecular formula is C27H24N4O3. The molecule has 1 aliphatic carbocycles. The maximum atomic E-state index is 13.2. The molecule has 1 aromatic heterocycles.